The molecule has 0 radical (unpaired) electrons. The Kier molecular flexibility index (Phi) is 7.52. The van der Waals surface area contributed by atoms with Crippen LogP contribution in [0, 0.1) is 0 Å². The van der Waals surface area contributed by atoms with Gasteiger partial charge in [-0.25, -0.2) is 4.79 Å². The monoisotopic (exact) mass is 392 g/mol. The first kappa shape index (κ1) is 21.6. The molecule has 0 aliphatic heterocycles. The quantitative estimate of drug-likeness (QED) is 0.338. The average molecular weight is 393 g/mol. The van der Waals surface area contributed by atoms with Gasteiger partial charge in [0, 0.05) is 0 Å². The van der Waals surface area contributed by atoms with Crippen LogP contribution in [0.1, 0.15) is 106 Å². The predicted molar refractivity (Wildman–Crippen MR) is 121 cm³/mol. The van der Waals surface area contributed by atoms with Gasteiger partial charge in [0.05, 0.1) is 5.56 Å². The number of rotatable bonds is 8. The summed E-state index contributed by atoms with van der Waals surface area (Å²) >= 11 is 0. The van der Waals surface area contributed by atoms with Gasteiger partial charge < -0.3 is 4.74 Å². The third-order valence-corrected chi connectivity index (χ3v) is 6.65. The van der Waals surface area contributed by atoms with Gasteiger partial charge in [0.1, 0.15) is 5.75 Å². The van der Waals surface area contributed by atoms with Crippen molar-refractivity contribution in [2.45, 2.75) is 89.9 Å². The summed E-state index contributed by atoms with van der Waals surface area (Å²) in [4.78, 5) is 12.6. The van der Waals surface area contributed by atoms with Crippen molar-refractivity contribution < 1.29 is 9.53 Å². The predicted octanol–water partition coefficient (Wildman–Crippen LogP) is 7.81. The first-order valence-electron chi connectivity index (χ1n) is 11.5. The number of carbonyl (C=O) groups excluding carboxylic acids is 1. The fraction of sp³-hybridized carbons (Fsp3) is 0.519. The topological polar surface area (TPSA) is 26.3 Å². The molecule has 2 aromatic carbocycles. The largest absolute Gasteiger partial charge is 0.423 e. The molecule has 1 fully saturated rings. The van der Waals surface area contributed by atoms with E-state index in [2.05, 4.69) is 45.0 Å². The van der Waals surface area contributed by atoms with Crippen molar-refractivity contribution >= 4 is 5.97 Å². The van der Waals surface area contributed by atoms with Crippen LogP contribution in [-0.2, 0) is 5.41 Å². The Morgan fingerprint density at radius 1 is 0.931 bits per heavy atom. The van der Waals surface area contributed by atoms with Gasteiger partial charge in [-0.15, -0.1) is 0 Å². The van der Waals surface area contributed by atoms with Gasteiger partial charge in [-0.3, -0.25) is 0 Å². The highest BCUT2D eigenvalue weighted by Crippen LogP contribution is 2.43. The second-order valence-corrected chi connectivity index (χ2v) is 8.82. The third kappa shape index (κ3) is 5.29. The lowest BCUT2D eigenvalue weighted by atomic mass is 9.67. The molecule has 0 saturated heterocycles. The van der Waals surface area contributed by atoms with E-state index >= 15 is 0 Å². The minimum atomic E-state index is -0.284. The Bertz CT molecular complexity index is 762. The SMILES string of the molecule is CCCC(C)c1ccc(C(=O)Oc2ccc(C3(CCC)CCCCC3)cc2)cc1. The number of hydrogen-bond donors (Lipinski definition) is 0. The summed E-state index contributed by atoms with van der Waals surface area (Å²) in [5.41, 5.74) is 3.62. The Hall–Kier alpha value is -2.09. The maximum Gasteiger partial charge on any atom is 0.343 e. The molecule has 0 N–H and O–H groups in total. The molecule has 1 aliphatic carbocycles. The van der Waals surface area contributed by atoms with Crippen molar-refractivity contribution in [3.8, 4) is 5.75 Å². The Labute approximate surface area is 176 Å². The van der Waals surface area contributed by atoms with E-state index in [0.717, 1.165) is 6.42 Å². The smallest absolute Gasteiger partial charge is 0.343 e. The van der Waals surface area contributed by atoms with E-state index in [4.69, 9.17) is 4.74 Å². The van der Waals surface area contributed by atoms with E-state index in [1.807, 2.05) is 24.3 Å². The Balaban J connectivity index is 1.66. The normalized spacial score (nSPS) is 16.9. The zero-order valence-electron chi connectivity index (χ0n) is 18.4. The first-order valence-corrected chi connectivity index (χ1v) is 11.5. The van der Waals surface area contributed by atoms with Crippen LogP contribution in [0.3, 0.4) is 0 Å². The lowest BCUT2D eigenvalue weighted by Gasteiger charge is -2.38. The molecule has 0 bridgehead atoms. The summed E-state index contributed by atoms with van der Waals surface area (Å²) in [5.74, 6) is 0.867. The van der Waals surface area contributed by atoms with E-state index in [9.17, 15) is 4.79 Å². The van der Waals surface area contributed by atoms with E-state index in [1.165, 1.54) is 62.5 Å². The zero-order chi connectivity index (χ0) is 20.7. The van der Waals surface area contributed by atoms with Crippen LogP contribution < -0.4 is 4.74 Å². The molecule has 156 valence electrons. The fourth-order valence-electron chi connectivity index (χ4n) is 4.98. The number of benzene rings is 2. The summed E-state index contributed by atoms with van der Waals surface area (Å²) in [6.45, 7) is 6.71. The maximum atomic E-state index is 12.6. The molecule has 0 spiro atoms. The van der Waals surface area contributed by atoms with E-state index in [0.29, 0.717) is 22.6 Å². The number of ether oxygens (including phenoxy) is 1. The molecule has 2 aromatic rings. The molecule has 2 heteroatoms. The van der Waals surface area contributed by atoms with Crippen LogP contribution in [0.4, 0.5) is 0 Å². The number of carbonyl (C=O) groups is 1. The minimum absolute atomic E-state index is 0.284. The lowest BCUT2D eigenvalue weighted by Crippen LogP contribution is -2.28. The maximum absolute atomic E-state index is 12.6. The molecular formula is C27H36O2. The van der Waals surface area contributed by atoms with Crippen LogP contribution >= 0.6 is 0 Å². The number of esters is 1. The van der Waals surface area contributed by atoms with Crippen LogP contribution in [0.25, 0.3) is 0 Å². The third-order valence-electron chi connectivity index (χ3n) is 6.65. The van der Waals surface area contributed by atoms with Crippen LogP contribution in [0.2, 0.25) is 0 Å². The van der Waals surface area contributed by atoms with Crippen molar-refractivity contribution in [2.24, 2.45) is 0 Å². The molecule has 1 unspecified atom stereocenters. The van der Waals surface area contributed by atoms with E-state index < -0.39 is 0 Å². The minimum Gasteiger partial charge on any atom is -0.423 e. The first-order chi connectivity index (χ1) is 14.1. The Morgan fingerprint density at radius 3 is 2.17 bits per heavy atom. The molecule has 1 atom stereocenters. The highest BCUT2D eigenvalue weighted by Gasteiger charge is 2.32. The van der Waals surface area contributed by atoms with Gasteiger partial charge in [-0.1, -0.05) is 77.1 Å². The van der Waals surface area contributed by atoms with Gasteiger partial charge >= 0.3 is 5.97 Å². The molecule has 29 heavy (non-hydrogen) atoms. The standard InChI is InChI=1S/C27H36O2/c1-4-9-21(3)22-10-12-23(13-11-22)26(28)29-25-16-14-24(15-17-25)27(18-5-2)19-7-6-8-20-27/h10-17,21H,4-9,18-20H2,1-3H3. The van der Waals surface area contributed by atoms with Gasteiger partial charge in [0.2, 0.25) is 0 Å². The zero-order valence-corrected chi connectivity index (χ0v) is 18.4. The average Bonchev–Trinajstić information content (AvgIpc) is 2.75. The lowest BCUT2D eigenvalue weighted by molar-refractivity contribution is 0.0734. The second kappa shape index (κ2) is 10.1. The van der Waals surface area contributed by atoms with E-state index in [-0.39, 0.29) is 5.97 Å². The van der Waals surface area contributed by atoms with Crippen molar-refractivity contribution in [3.05, 3.63) is 65.2 Å². The highest BCUT2D eigenvalue weighted by molar-refractivity contribution is 5.91. The summed E-state index contributed by atoms with van der Waals surface area (Å²) in [5, 5.41) is 0. The molecule has 1 aliphatic rings. The molecule has 2 nitrogen and oxygen atoms in total. The fourth-order valence-corrected chi connectivity index (χ4v) is 4.98. The summed E-state index contributed by atoms with van der Waals surface area (Å²) in [6, 6.07) is 16.2. The Morgan fingerprint density at radius 2 is 1.59 bits per heavy atom. The molecule has 1 saturated carbocycles. The van der Waals surface area contributed by atoms with Crippen LogP contribution in [-0.4, -0.2) is 5.97 Å². The molecule has 3 rings (SSSR count). The molecule has 0 heterocycles. The highest BCUT2D eigenvalue weighted by atomic mass is 16.5. The van der Waals surface area contributed by atoms with Gasteiger partial charge in [0.15, 0.2) is 0 Å². The van der Waals surface area contributed by atoms with Crippen LogP contribution in [0.15, 0.2) is 48.5 Å². The van der Waals surface area contributed by atoms with Crippen molar-refractivity contribution in [2.75, 3.05) is 0 Å². The van der Waals surface area contributed by atoms with Crippen LogP contribution in [0.5, 0.6) is 5.75 Å². The summed E-state index contributed by atoms with van der Waals surface area (Å²) in [7, 11) is 0. The summed E-state index contributed by atoms with van der Waals surface area (Å²) < 4.78 is 5.64. The van der Waals surface area contributed by atoms with Gasteiger partial charge in [-0.05, 0) is 72.4 Å². The van der Waals surface area contributed by atoms with Crippen molar-refractivity contribution in [1.82, 2.24) is 0 Å². The van der Waals surface area contributed by atoms with Gasteiger partial charge in [0.25, 0.3) is 0 Å². The van der Waals surface area contributed by atoms with Crippen molar-refractivity contribution in [1.29, 1.82) is 0 Å². The summed E-state index contributed by atoms with van der Waals surface area (Å²) in [6.07, 6.45) is 11.4. The van der Waals surface area contributed by atoms with E-state index in [1.54, 1.807) is 0 Å². The molecule has 0 amide bonds. The van der Waals surface area contributed by atoms with Crippen molar-refractivity contribution in [3.63, 3.8) is 0 Å². The molecular weight excluding hydrogens is 356 g/mol. The number of hydrogen-bond acceptors (Lipinski definition) is 2. The second-order valence-electron chi connectivity index (χ2n) is 8.82. The molecule has 0 aromatic heterocycles. The van der Waals surface area contributed by atoms with Gasteiger partial charge in [-0.2, -0.15) is 0 Å².